The average Bonchev–Trinajstić information content (AvgIpc) is 3.42. The average molecular weight is 716 g/mol. The van der Waals surface area contributed by atoms with Gasteiger partial charge in [0.05, 0.1) is 17.5 Å². The molecule has 0 spiro atoms. The first-order chi connectivity index (χ1) is 23.2. The van der Waals surface area contributed by atoms with E-state index in [9.17, 15) is 20.1 Å². The van der Waals surface area contributed by atoms with Gasteiger partial charge in [-0.1, -0.05) is 73.7 Å². The molecule has 0 saturated carbocycles. The van der Waals surface area contributed by atoms with Crippen LogP contribution in [-0.4, -0.2) is 112 Å². The molecule has 1 amide bonds. The number of rotatable bonds is 11. The van der Waals surface area contributed by atoms with Crippen LogP contribution in [-0.2, 0) is 16.1 Å². The van der Waals surface area contributed by atoms with Crippen molar-refractivity contribution in [2.24, 2.45) is 11.3 Å². The van der Waals surface area contributed by atoms with Crippen molar-refractivity contribution < 1.29 is 24.9 Å². The molecular formula is C39H58ClN3O5S. The zero-order chi connectivity index (χ0) is 36.3. The number of likely N-dealkylation sites (tertiary alicyclic amines) is 1. The van der Waals surface area contributed by atoms with Crippen LogP contribution in [0.4, 0.5) is 0 Å². The number of ether oxygens (including phenoxy) is 1. The third-order valence-electron chi connectivity index (χ3n) is 9.02. The standard InChI is InChI=1S/C21H25N.C18H33ClN2O5S/c1-21(2,3)15-8-5-9-16-22(4)17-19-13-10-12-18-11-6-7-14-20(18)19;1-5-6-10-7-11(21(3)8-10)17(25)20-12(9(2)19)16-14(23)13(22)15(24)18(26-16)27-4/h5-7,9-14H,16-17H2,1-4H3;9-16,18,22-24H,5-8H2,1-4H3,(H,20,25)/b9-5+;/t;9-,10+,11-,12+,13-,14+,15+,16+,18+/m.0/s1. The fourth-order valence-electron chi connectivity index (χ4n) is 6.45. The van der Waals surface area contributed by atoms with E-state index in [4.69, 9.17) is 16.3 Å². The summed E-state index contributed by atoms with van der Waals surface area (Å²) in [7, 11) is 4.08. The van der Waals surface area contributed by atoms with Crippen LogP contribution in [0.1, 0.15) is 59.4 Å². The number of aliphatic hydroxyl groups excluding tert-OH is 3. The van der Waals surface area contributed by atoms with E-state index in [2.05, 4.69) is 105 Å². The molecular weight excluding hydrogens is 658 g/mol. The van der Waals surface area contributed by atoms with Crippen LogP contribution in [0.25, 0.3) is 10.8 Å². The number of carbonyl (C=O) groups is 1. The molecule has 49 heavy (non-hydrogen) atoms. The van der Waals surface area contributed by atoms with E-state index in [-0.39, 0.29) is 17.4 Å². The van der Waals surface area contributed by atoms with Gasteiger partial charge in [0.25, 0.3) is 0 Å². The van der Waals surface area contributed by atoms with Gasteiger partial charge in [-0.3, -0.25) is 14.6 Å². The molecule has 272 valence electrons. The van der Waals surface area contributed by atoms with Crippen LogP contribution < -0.4 is 5.32 Å². The Labute approximate surface area is 303 Å². The van der Waals surface area contributed by atoms with Crippen LogP contribution in [0.5, 0.6) is 0 Å². The Morgan fingerprint density at radius 3 is 2.51 bits per heavy atom. The summed E-state index contributed by atoms with van der Waals surface area (Å²) in [6.45, 7) is 13.0. The highest BCUT2D eigenvalue weighted by atomic mass is 35.5. The lowest BCUT2D eigenvalue weighted by Crippen LogP contribution is -2.65. The maximum atomic E-state index is 12.9. The molecule has 2 saturated heterocycles. The van der Waals surface area contributed by atoms with E-state index in [0.29, 0.717) is 5.92 Å². The van der Waals surface area contributed by atoms with Crippen molar-refractivity contribution in [1.82, 2.24) is 15.1 Å². The minimum Gasteiger partial charge on any atom is -0.388 e. The van der Waals surface area contributed by atoms with Gasteiger partial charge in [-0.2, -0.15) is 0 Å². The summed E-state index contributed by atoms with van der Waals surface area (Å²) in [5.74, 6) is 6.68. The third kappa shape index (κ3) is 12.3. The minimum absolute atomic E-state index is 0.0686. The first-order valence-corrected chi connectivity index (χ1v) is 19.1. The van der Waals surface area contributed by atoms with Gasteiger partial charge in [0, 0.05) is 25.0 Å². The van der Waals surface area contributed by atoms with Gasteiger partial charge >= 0.3 is 0 Å². The first-order valence-electron chi connectivity index (χ1n) is 17.4. The summed E-state index contributed by atoms with van der Waals surface area (Å²) in [6.07, 6.45) is 3.99. The quantitative estimate of drug-likeness (QED) is 0.185. The number of hydrogen-bond acceptors (Lipinski definition) is 8. The fourth-order valence-corrected chi connectivity index (χ4v) is 7.33. The smallest absolute Gasteiger partial charge is 0.237 e. The van der Waals surface area contributed by atoms with Crippen LogP contribution in [0.15, 0.2) is 54.6 Å². The maximum absolute atomic E-state index is 12.9. The third-order valence-corrected chi connectivity index (χ3v) is 10.1. The maximum Gasteiger partial charge on any atom is 0.237 e. The number of halogens is 1. The predicted molar refractivity (Wildman–Crippen MR) is 204 cm³/mol. The summed E-state index contributed by atoms with van der Waals surface area (Å²) in [5, 5.41) is 35.7. The van der Waals surface area contributed by atoms with Gasteiger partial charge in [-0.05, 0) is 89.2 Å². The molecule has 0 aliphatic carbocycles. The molecule has 2 fully saturated rings. The molecule has 0 radical (unpaired) electrons. The summed E-state index contributed by atoms with van der Waals surface area (Å²) < 4.78 is 5.79. The number of aliphatic hydroxyl groups is 3. The Bertz CT molecular complexity index is 1420. The van der Waals surface area contributed by atoms with Crippen molar-refractivity contribution in [3.63, 3.8) is 0 Å². The number of likely N-dealkylation sites (N-methyl/N-ethyl adjacent to an activating group) is 2. The number of alkyl halides is 1. The van der Waals surface area contributed by atoms with Crippen molar-refractivity contribution in [2.75, 3.05) is 33.4 Å². The second-order valence-electron chi connectivity index (χ2n) is 14.5. The predicted octanol–water partition coefficient (Wildman–Crippen LogP) is 5.27. The molecule has 4 rings (SSSR count). The Kier molecular flexibility index (Phi) is 16.4. The molecule has 0 aromatic heterocycles. The molecule has 2 aliphatic rings. The number of amides is 1. The summed E-state index contributed by atoms with van der Waals surface area (Å²) in [5.41, 5.74) is 0.736. The number of fused-ring (bicyclic) bond motifs is 1. The number of nitrogens with one attached hydrogen (secondary N) is 1. The highest BCUT2D eigenvalue weighted by molar-refractivity contribution is 7.99. The highest BCUT2D eigenvalue weighted by Gasteiger charge is 2.48. The molecule has 2 aliphatic heterocycles. The molecule has 2 heterocycles. The zero-order valence-electron chi connectivity index (χ0n) is 30.5. The van der Waals surface area contributed by atoms with E-state index in [1.54, 1.807) is 13.2 Å². The SMILES string of the molecule is CCC[C@@H]1C[C@@H](C(=O)N[C@@H]([C@H]2O[C@H](SC)[C@H](O)[C@@H](O)[C@H]2O)[C@H](C)Cl)N(C)C1.CN(C/C=C/C#CC(C)(C)C)Cc1cccc2ccccc12. The Morgan fingerprint density at radius 1 is 1.16 bits per heavy atom. The summed E-state index contributed by atoms with van der Waals surface area (Å²) in [6, 6.07) is 14.1. The zero-order valence-corrected chi connectivity index (χ0v) is 32.0. The Morgan fingerprint density at radius 2 is 1.86 bits per heavy atom. The van der Waals surface area contributed by atoms with Gasteiger partial charge in [0.1, 0.15) is 29.9 Å². The molecule has 10 heteroatoms. The molecule has 4 N–H and O–H groups in total. The van der Waals surface area contributed by atoms with Gasteiger partial charge in [0.15, 0.2) is 0 Å². The van der Waals surface area contributed by atoms with E-state index in [0.717, 1.165) is 38.9 Å². The van der Waals surface area contributed by atoms with E-state index >= 15 is 0 Å². The van der Waals surface area contributed by atoms with Crippen molar-refractivity contribution >= 4 is 40.0 Å². The Hall–Kier alpha value is -2.13. The van der Waals surface area contributed by atoms with Crippen molar-refractivity contribution in [3.05, 3.63) is 60.2 Å². The van der Waals surface area contributed by atoms with Crippen LogP contribution in [0, 0.1) is 23.2 Å². The second-order valence-corrected chi connectivity index (χ2v) is 16.1. The molecule has 0 bridgehead atoms. The van der Waals surface area contributed by atoms with E-state index in [1.165, 1.54) is 28.1 Å². The Balaban J connectivity index is 0.000000271. The van der Waals surface area contributed by atoms with E-state index in [1.807, 2.05) is 18.0 Å². The topological polar surface area (TPSA) is 106 Å². The second kappa shape index (κ2) is 19.5. The summed E-state index contributed by atoms with van der Waals surface area (Å²) >= 11 is 7.55. The van der Waals surface area contributed by atoms with Crippen LogP contribution in [0.2, 0.25) is 0 Å². The lowest BCUT2D eigenvalue weighted by molar-refractivity contribution is -0.205. The number of carbonyl (C=O) groups excluding carboxylic acids is 1. The van der Waals surface area contributed by atoms with Crippen molar-refractivity contribution in [2.45, 2.75) is 108 Å². The fraction of sp³-hybridized carbons (Fsp3) is 0.615. The van der Waals surface area contributed by atoms with E-state index < -0.39 is 41.3 Å². The normalized spacial score (nSPS) is 27.3. The van der Waals surface area contributed by atoms with Gasteiger partial charge < -0.3 is 25.4 Å². The first kappa shape index (κ1) is 41.3. The summed E-state index contributed by atoms with van der Waals surface area (Å²) in [4.78, 5) is 17.3. The van der Waals surface area contributed by atoms with Crippen molar-refractivity contribution in [3.8, 4) is 11.8 Å². The number of allylic oxidation sites excluding steroid dienone is 1. The van der Waals surface area contributed by atoms with Gasteiger partial charge in [-0.25, -0.2) is 0 Å². The monoisotopic (exact) mass is 715 g/mol. The van der Waals surface area contributed by atoms with Crippen LogP contribution in [0.3, 0.4) is 0 Å². The largest absolute Gasteiger partial charge is 0.388 e. The van der Waals surface area contributed by atoms with Gasteiger partial charge in [0.2, 0.25) is 5.91 Å². The number of hydrogen-bond donors (Lipinski definition) is 4. The minimum atomic E-state index is -1.36. The highest BCUT2D eigenvalue weighted by Crippen LogP contribution is 2.31. The molecule has 0 unspecified atom stereocenters. The lowest BCUT2D eigenvalue weighted by Gasteiger charge is -2.44. The van der Waals surface area contributed by atoms with Gasteiger partial charge in [-0.15, -0.1) is 23.4 Å². The number of nitrogens with zero attached hydrogens (tertiary/aromatic N) is 2. The van der Waals surface area contributed by atoms with Crippen molar-refractivity contribution in [1.29, 1.82) is 0 Å². The molecule has 9 atom stereocenters. The number of thioether (sulfide) groups is 1. The number of benzene rings is 2. The van der Waals surface area contributed by atoms with Crippen LogP contribution >= 0.6 is 23.4 Å². The lowest BCUT2D eigenvalue weighted by atomic mass is 9.92. The molecule has 8 nitrogen and oxygen atoms in total. The molecule has 2 aromatic carbocycles. The molecule has 2 aromatic rings.